The predicted octanol–water partition coefficient (Wildman–Crippen LogP) is 2.63. The highest BCUT2D eigenvalue weighted by molar-refractivity contribution is 6.03. The van der Waals surface area contributed by atoms with Gasteiger partial charge in [-0.15, -0.1) is 0 Å². The van der Waals surface area contributed by atoms with Crippen molar-refractivity contribution in [3.63, 3.8) is 0 Å². The van der Waals surface area contributed by atoms with E-state index in [0.717, 1.165) is 0 Å². The Kier molecular flexibility index (Phi) is 4.68. The number of hydrazone groups is 1. The van der Waals surface area contributed by atoms with Crippen LogP contribution in [-0.2, 0) is 0 Å². The predicted molar refractivity (Wildman–Crippen MR) is 93.4 cm³/mol. The summed E-state index contributed by atoms with van der Waals surface area (Å²) >= 11 is 0. The van der Waals surface area contributed by atoms with Crippen molar-refractivity contribution in [2.24, 2.45) is 5.10 Å². The number of rotatable bonds is 4. The third kappa shape index (κ3) is 3.52. The van der Waals surface area contributed by atoms with Crippen molar-refractivity contribution in [3.8, 4) is 5.75 Å². The van der Waals surface area contributed by atoms with E-state index < -0.39 is 18.3 Å². The van der Waals surface area contributed by atoms with E-state index >= 15 is 0 Å². The van der Waals surface area contributed by atoms with Crippen molar-refractivity contribution >= 4 is 17.5 Å². The van der Waals surface area contributed by atoms with Gasteiger partial charge >= 0.3 is 6.18 Å². The minimum atomic E-state index is -4.98. The Balaban J connectivity index is 2.04. The molecule has 3 N–H and O–H groups in total. The number of anilines is 2. The quantitative estimate of drug-likeness (QED) is 0.845. The van der Waals surface area contributed by atoms with Crippen LogP contribution in [0.2, 0.25) is 0 Å². The highest BCUT2D eigenvalue weighted by atomic mass is 19.4. The average Bonchev–Trinajstić information content (AvgIpc) is 2.94. The van der Waals surface area contributed by atoms with Gasteiger partial charge in [0.15, 0.2) is 5.82 Å². The lowest BCUT2D eigenvalue weighted by Gasteiger charge is -2.33. The van der Waals surface area contributed by atoms with Gasteiger partial charge < -0.3 is 15.6 Å². The van der Waals surface area contributed by atoms with Crippen LogP contribution < -0.4 is 15.5 Å². The summed E-state index contributed by atoms with van der Waals surface area (Å²) in [5, 5.41) is 14.9. The molecule has 7 nitrogen and oxygen atoms in total. The Hall–Kier alpha value is -2.88. The van der Waals surface area contributed by atoms with Crippen LogP contribution in [0.25, 0.3) is 0 Å². The van der Waals surface area contributed by atoms with Gasteiger partial charge in [0.25, 0.3) is 5.72 Å². The molecule has 2 heterocycles. The third-order valence-electron chi connectivity index (χ3n) is 4.01. The molecule has 0 unspecified atom stereocenters. The summed E-state index contributed by atoms with van der Waals surface area (Å²) in [7, 11) is 0. The lowest BCUT2D eigenvalue weighted by Crippen LogP contribution is -2.55. The molecule has 1 aliphatic rings. The summed E-state index contributed by atoms with van der Waals surface area (Å²) in [6.07, 6.45) is -5.73. The number of halogens is 3. The number of nitrogens with two attached hydrogens (primary N) is 1. The zero-order valence-electron chi connectivity index (χ0n) is 14.7. The van der Waals surface area contributed by atoms with E-state index in [2.05, 4.69) is 15.1 Å². The van der Waals surface area contributed by atoms with E-state index in [1.807, 2.05) is 6.92 Å². The van der Waals surface area contributed by atoms with Gasteiger partial charge in [0.05, 0.1) is 18.7 Å². The Morgan fingerprint density at radius 3 is 2.48 bits per heavy atom. The van der Waals surface area contributed by atoms with Crippen molar-refractivity contribution in [2.75, 3.05) is 17.3 Å². The first kappa shape index (κ1) is 18.9. The molecule has 1 aromatic carbocycles. The Morgan fingerprint density at radius 2 is 1.93 bits per heavy atom. The second kappa shape index (κ2) is 6.69. The smallest absolute Gasteiger partial charge is 0.438 e. The molecule has 0 spiro atoms. The molecule has 2 aromatic rings. The molecule has 27 heavy (non-hydrogen) atoms. The fourth-order valence-electron chi connectivity index (χ4n) is 2.76. The fraction of sp³-hybridized carbons (Fsp3) is 0.353. The minimum Gasteiger partial charge on any atom is -0.494 e. The molecule has 0 aliphatic carbocycles. The van der Waals surface area contributed by atoms with Gasteiger partial charge in [0, 0.05) is 11.8 Å². The lowest BCUT2D eigenvalue weighted by molar-refractivity contribution is -0.254. The van der Waals surface area contributed by atoms with Crippen molar-refractivity contribution in [3.05, 3.63) is 41.6 Å². The largest absolute Gasteiger partial charge is 0.494 e. The van der Waals surface area contributed by atoms with Crippen molar-refractivity contribution in [2.45, 2.75) is 32.2 Å². The summed E-state index contributed by atoms with van der Waals surface area (Å²) in [5.41, 5.74) is 3.15. The number of ether oxygens (including phenoxy) is 1. The van der Waals surface area contributed by atoms with Crippen molar-refractivity contribution in [1.29, 1.82) is 0 Å². The van der Waals surface area contributed by atoms with Crippen molar-refractivity contribution in [1.82, 2.24) is 9.97 Å². The van der Waals surface area contributed by atoms with Crippen LogP contribution in [0.5, 0.6) is 5.75 Å². The Morgan fingerprint density at radius 1 is 1.26 bits per heavy atom. The van der Waals surface area contributed by atoms with Gasteiger partial charge in [0.2, 0.25) is 5.95 Å². The van der Waals surface area contributed by atoms with E-state index in [4.69, 9.17) is 10.5 Å². The van der Waals surface area contributed by atoms with Crippen molar-refractivity contribution < 1.29 is 23.0 Å². The van der Waals surface area contributed by atoms with Gasteiger partial charge in [-0.2, -0.15) is 23.3 Å². The SMILES string of the molecule is CCOc1ccc(C2=NN(c3cc(C)nc(N)n3)[C@](O)(C(F)(F)F)C2)cc1. The molecular weight excluding hydrogens is 363 g/mol. The average molecular weight is 381 g/mol. The standard InChI is InChI=1S/C17H18F3N5O2/c1-3-27-12-6-4-11(5-7-12)13-9-16(26,17(18,19)20)25(24-13)14-8-10(2)22-15(21)23-14/h4-8,26H,3,9H2,1-2H3,(H2,21,22,23)/t16-/m1/s1. The number of aryl methyl sites for hydroxylation is 1. The van der Waals surface area contributed by atoms with E-state index in [9.17, 15) is 18.3 Å². The third-order valence-corrected chi connectivity index (χ3v) is 4.01. The Bertz CT molecular complexity index is 850. The lowest BCUT2D eigenvalue weighted by atomic mass is 10.0. The van der Waals surface area contributed by atoms with E-state index in [0.29, 0.717) is 28.6 Å². The molecule has 3 rings (SSSR count). The zero-order valence-corrected chi connectivity index (χ0v) is 14.7. The number of aliphatic hydroxyl groups is 1. The first-order valence-electron chi connectivity index (χ1n) is 8.15. The first-order valence-corrected chi connectivity index (χ1v) is 8.15. The van der Waals surface area contributed by atoms with Gasteiger partial charge in [0.1, 0.15) is 5.75 Å². The molecule has 0 fully saturated rings. The number of hydrogen-bond donors (Lipinski definition) is 2. The number of benzene rings is 1. The summed E-state index contributed by atoms with van der Waals surface area (Å²) in [6.45, 7) is 3.85. The second-order valence-electron chi connectivity index (χ2n) is 6.03. The van der Waals surface area contributed by atoms with Gasteiger partial charge in [-0.05, 0) is 43.7 Å². The Labute approximate surface area is 153 Å². The normalized spacial score (nSPS) is 19.9. The molecule has 144 valence electrons. The van der Waals surface area contributed by atoms with E-state index in [-0.39, 0.29) is 17.5 Å². The van der Waals surface area contributed by atoms with Crippen LogP contribution in [0.1, 0.15) is 24.6 Å². The first-order chi connectivity index (χ1) is 12.6. The van der Waals surface area contributed by atoms with Gasteiger partial charge in [-0.1, -0.05) is 0 Å². The van der Waals surface area contributed by atoms with Crippen LogP contribution in [0.15, 0.2) is 35.4 Å². The molecule has 1 aromatic heterocycles. The maximum Gasteiger partial charge on any atom is 0.438 e. The molecule has 0 bridgehead atoms. The summed E-state index contributed by atoms with van der Waals surface area (Å²) in [5.74, 6) is 0.141. The highest BCUT2D eigenvalue weighted by Gasteiger charge is 2.62. The van der Waals surface area contributed by atoms with Crippen LogP contribution in [0.3, 0.4) is 0 Å². The molecule has 0 amide bonds. The monoisotopic (exact) mass is 381 g/mol. The van der Waals surface area contributed by atoms with Gasteiger partial charge in [-0.3, -0.25) is 0 Å². The zero-order chi connectivity index (χ0) is 19.8. The highest BCUT2D eigenvalue weighted by Crippen LogP contribution is 2.43. The van der Waals surface area contributed by atoms with Crippen LogP contribution >= 0.6 is 0 Å². The number of hydrogen-bond acceptors (Lipinski definition) is 7. The number of alkyl halides is 3. The molecule has 0 radical (unpaired) electrons. The maximum atomic E-state index is 13.7. The molecule has 0 saturated heterocycles. The number of nitrogen functional groups attached to an aromatic ring is 1. The van der Waals surface area contributed by atoms with Crippen LogP contribution in [0, 0.1) is 6.92 Å². The maximum absolute atomic E-state index is 13.7. The summed E-state index contributed by atoms with van der Waals surface area (Å²) in [6, 6.07) is 7.71. The molecule has 1 atom stereocenters. The van der Waals surface area contributed by atoms with E-state index in [1.54, 1.807) is 31.2 Å². The molecule has 1 aliphatic heterocycles. The number of aromatic nitrogens is 2. The van der Waals surface area contributed by atoms with Crippen LogP contribution in [-0.4, -0.2) is 39.3 Å². The molecule has 10 heteroatoms. The second-order valence-corrected chi connectivity index (χ2v) is 6.03. The number of nitrogens with zero attached hydrogens (tertiary/aromatic N) is 4. The topological polar surface area (TPSA) is 96.9 Å². The summed E-state index contributed by atoms with van der Waals surface area (Å²) in [4.78, 5) is 7.63. The van der Waals surface area contributed by atoms with Crippen LogP contribution in [0.4, 0.5) is 24.9 Å². The summed E-state index contributed by atoms with van der Waals surface area (Å²) < 4.78 is 46.4. The fourth-order valence-corrected chi connectivity index (χ4v) is 2.76. The molecular formula is C17H18F3N5O2. The van der Waals surface area contributed by atoms with Gasteiger partial charge in [-0.25, -0.2) is 9.99 Å². The van der Waals surface area contributed by atoms with E-state index in [1.165, 1.54) is 6.07 Å². The molecule has 0 saturated carbocycles. The minimum absolute atomic E-state index is 0.0627.